The minimum Gasteiger partial charge on any atom is -0.467 e. The number of carbonyl (C=O) groups is 3. The molecule has 1 atom stereocenters. The van der Waals surface area contributed by atoms with Crippen LogP contribution in [-0.2, 0) is 32.0 Å². The summed E-state index contributed by atoms with van der Waals surface area (Å²) in [4.78, 5) is 38.8. The number of hydrogen-bond acceptors (Lipinski definition) is 6. The van der Waals surface area contributed by atoms with Crippen molar-refractivity contribution in [2.24, 2.45) is 0 Å². The molecule has 1 amide bonds. The monoisotopic (exact) mass is 388 g/mol. The van der Waals surface area contributed by atoms with E-state index in [0.29, 0.717) is 17.7 Å². The second-order valence-corrected chi connectivity index (χ2v) is 5.92. The maximum Gasteiger partial charge on any atom is 0.408 e. The van der Waals surface area contributed by atoms with Crippen molar-refractivity contribution >= 4 is 18.0 Å². The first-order valence-corrected chi connectivity index (χ1v) is 8.93. The van der Waals surface area contributed by atoms with Crippen LogP contribution in [0.4, 0.5) is 4.79 Å². The number of hydrogen-bond donors (Lipinski definition) is 2. The Bertz CT molecular complexity index is 787. The summed E-state index contributed by atoms with van der Waals surface area (Å²) in [6, 6.07) is 10.0. The van der Waals surface area contributed by atoms with Crippen molar-refractivity contribution in [3.05, 3.63) is 59.4 Å². The number of aryl methyl sites for hydroxylation is 1. The minimum absolute atomic E-state index is 0.0887. The molecule has 0 aliphatic carbocycles. The van der Waals surface area contributed by atoms with Crippen molar-refractivity contribution < 1.29 is 28.6 Å². The number of methoxy groups -OCH3 is 1. The number of nitrogens with one attached hydrogen (secondary N) is 2. The number of alkyl carbamates (subject to hydrolysis) is 1. The molecule has 0 spiro atoms. The van der Waals surface area contributed by atoms with E-state index < -0.39 is 24.1 Å². The molecule has 0 fully saturated rings. The fourth-order valence-corrected chi connectivity index (χ4v) is 2.60. The van der Waals surface area contributed by atoms with Gasteiger partial charge in [0.05, 0.1) is 13.7 Å². The Morgan fingerprint density at radius 3 is 2.54 bits per heavy atom. The van der Waals surface area contributed by atoms with E-state index >= 15 is 0 Å². The molecule has 1 heterocycles. The number of carbonyl (C=O) groups excluding carboxylic acids is 3. The molecular formula is C20H24N2O6. The third-order valence-corrected chi connectivity index (χ3v) is 4.01. The number of amides is 1. The van der Waals surface area contributed by atoms with Crippen LogP contribution >= 0.6 is 0 Å². The topological polar surface area (TPSA) is 107 Å². The summed E-state index contributed by atoms with van der Waals surface area (Å²) in [6.07, 6.45) is 1.49. The molecule has 2 aromatic rings. The largest absolute Gasteiger partial charge is 0.467 e. The lowest BCUT2D eigenvalue weighted by atomic mass is 10.1. The van der Waals surface area contributed by atoms with Crippen molar-refractivity contribution in [2.45, 2.75) is 32.4 Å². The van der Waals surface area contributed by atoms with Crippen LogP contribution in [0.25, 0.3) is 0 Å². The molecule has 2 N–H and O–H groups in total. The average molecular weight is 388 g/mol. The quantitative estimate of drug-likeness (QED) is 0.505. The Kier molecular flexibility index (Phi) is 8.08. The molecule has 0 aliphatic rings. The Balaban J connectivity index is 1.93. The van der Waals surface area contributed by atoms with E-state index in [2.05, 4.69) is 10.3 Å². The molecular weight excluding hydrogens is 364 g/mol. The van der Waals surface area contributed by atoms with Crippen molar-refractivity contribution in [1.29, 1.82) is 0 Å². The van der Waals surface area contributed by atoms with Crippen LogP contribution in [-0.4, -0.2) is 42.8 Å². The normalized spacial score (nSPS) is 11.4. The summed E-state index contributed by atoms with van der Waals surface area (Å²) in [5.74, 6) is -1.06. The summed E-state index contributed by atoms with van der Waals surface area (Å²) in [5.41, 5.74) is 1.85. The molecule has 28 heavy (non-hydrogen) atoms. The zero-order valence-electron chi connectivity index (χ0n) is 15.9. The summed E-state index contributed by atoms with van der Waals surface area (Å²) in [7, 11) is 1.24. The predicted molar refractivity (Wildman–Crippen MR) is 101 cm³/mol. The molecule has 0 saturated heterocycles. The van der Waals surface area contributed by atoms with Gasteiger partial charge in [0, 0.05) is 6.20 Å². The van der Waals surface area contributed by atoms with Gasteiger partial charge in [0.2, 0.25) is 0 Å². The van der Waals surface area contributed by atoms with Gasteiger partial charge in [-0.25, -0.2) is 14.4 Å². The zero-order valence-corrected chi connectivity index (χ0v) is 15.9. The van der Waals surface area contributed by atoms with Gasteiger partial charge in [0.15, 0.2) is 0 Å². The molecule has 0 aliphatic heterocycles. The summed E-state index contributed by atoms with van der Waals surface area (Å²) < 4.78 is 14.9. The van der Waals surface area contributed by atoms with Crippen LogP contribution in [0.2, 0.25) is 0 Å². The number of ether oxygens (including phenoxy) is 3. The second-order valence-electron chi connectivity index (χ2n) is 5.92. The lowest BCUT2D eigenvalue weighted by Gasteiger charge is -2.16. The van der Waals surface area contributed by atoms with Crippen LogP contribution in [0.5, 0.6) is 0 Å². The maximum atomic E-state index is 12.0. The van der Waals surface area contributed by atoms with E-state index in [1.807, 2.05) is 30.3 Å². The van der Waals surface area contributed by atoms with Crippen LogP contribution in [0.3, 0.4) is 0 Å². The Hall–Kier alpha value is -3.29. The summed E-state index contributed by atoms with van der Waals surface area (Å²) >= 11 is 0. The number of rotatable bonds is 9. The van der Waals surface area contributed by atoms with Gasteiger partial charge in [-0.1, -0.05) is 30.3 Å². The van der Waals surface area contributed by atoms with Gasteiger partial charge in [-0.15, -0.1) is 0 Å². The fourth-order valence-electron chi connectivity index (χ4n) is 2.60. The van der Waals surface area contributed by atoms with Crippen molar-refractivity contribution in [3.8, 4) is 0 Å². The Morgan fingerprint density at radius 1 is 1.11 bits per heavy atom. The summed E-state index contributed by atoms with van der Waals surface area (Å²) in [6.45, 7) is 2.07. The van der Waals surface area contributed by atoms with Crippen LogP contribution < -0.4 is 5.32 Å². The van der Waals surface area contributed by atoms with E-state index in [9.17, 15) is 14.4 Å². The Labute approximate surface area is 163 Å². The molecule has 1 aromatic heterocycles. The van der Waals surface area contributed by atoms with Crippen LogP contribution in [0.15, 0.2) is 42.6 Å². The van der Waals surface area contributed by atoms with Crippen molar-refractivity contribution in [1.82, 2.24) is 10.3 Å². The fraction of sp³-hybridized carbons (Fsp3) is 0.350. The SMILES string of the molecule is CCOC(=O)c1[nH]ccc1CCC(NC(=O)OCc1ccccc1)C(=O)OC. The van der Waals surface area contributed by atoms with Gasteiger partial charge in [-0.3, -0.25) is 0 Å². The van der Waals surface area contributed by atoms with Crippen molar-refractivity contribution in [2.75, 3.05) is 13.7 Å². The molecule has 8 nitrogen and oxygen atoms in total. The van der Waals surface area contributed by atoms with Gasteiger partial charge in [0.25, 0.3) is 0 Å². The van der Waals surface area contributed by atoms with E-state index in [0.717, 1.165) is 5.56 Å². The lowest BCUT2D eigenvalue weighted by Crippen LogP contribution is -2.42. The van der Waals surface area contributed by atoms with E-state index in [4.69, 9.17) is 14.2 Å². The average Bonchev–Trinajstić information content (AvgIpc) is 3.18. The highest BCUT2D eigenvalue weighted by molar-refractivity contribution is 5.89. The molecule has 1 unspecified atom stereocenters. The highest BCUT2D eigenvalue weighted by atomic mass is 16.6. The molecule has 0 saturated carbocycles. The predicted octanol–water partition coefficient (Wildman–Crippen LogP) is 2.59. The first-order chi connectivity index (χ1) is 13.5. The third kappa shape index (κ3) is 6.15. The highest BCUT2D eigenvalue weighted by Gasteiger charge is 2.23. The molecule has 1 aromatic carbocycles. The molecule has 2 rings (SSSR count). The smallest absolute Gasteiger partial charge is 0.408 e. The first kappa shape index (κ1) is 21.0. The van der Waals surface area contributed by atoms with E-state index in [-0.39, 0.29) is 19.6 Å². The first-order valence-electron chi connectivity index (χ1n) is 8.93. The van der Waals surface area contributed by atoms with E-state index in [1.54, 1.807) is 19.2 Å². The second kappa shape index (κ2) is 10.8. The number of aromatic amines is 1. The molecule has 150 valence electrons. The molecule has 0 bridgehead atoms. The van der Waals surface area contributed by atoms with Crippen LogP contribution in [0.1, 0.15) is 35.0 Å². The minimum atomic E-state index is -0.904. The van der Waals surface area contributed by atoms with Gasteiger partial charge in [-0.05, 0) is 37.0 Å². The van der Waals surface area contributed by atoms with Crippen LogP contribution in [0, 0.1) is 0 Å². The standard InChI is InChI=1S/C20H24N2O6/c1-3-27-19(24)17-15(11-12-21-17)9-10-16(18(23)26-2)22-20(25)28-13-14-7-5-4-6-8-14/h4-8,11-12,16,21H,3,9-10,13H2,1-2H3,(H,22,25). The number of aromatic nitrogens is 1. The van der Waals surface area contributed by atoms with Gasteiger partial charge >= 0.3 is 18.0 Å². The van der Waals surface area contributed by atoms with E-state index in [1.165, 1.54) is 7.11 Å². The Morgan fingerprint density at radius 2 is 1.86 bits per heavy atom. The summed E-state index contributed by atoms with van der Waals surface area (Å²) in [5, 5.41) is 2.51. The van der Waals surface area contributed by atoms with Gasteiger partial charge in [0.1, 0.15) is 18.3 Å². The number of H-pyrrole nitrogens is 1. The lowest BCUT2D eigenvalue weighted by molar-refractivity contribution is -0.143. The zero-order chi connectivity index (χ0) is 20.4. The van der Waals surface area contributed by atoms with Gasteiger partial charge in [-0.2, -0.15) is 0 Å². The number of esters is 2. The maximum absolute atomic E-state index is 12.0. The van der Waals surface area contributed by atoms with Gasteiger partial charge < -0.3 is 24.5 Å². The molecule has 8 heteroatoms. The number of benzene rings is 1. The highest BCUT2D eigenvalue weighted by Crippen LogP contribution is 2.13. The third-order valence-electron chi connectivity index (χ3n) is 4.01. The molecule has 0 radical (unpaired) electrons. The van der Waals surface area contributed by atoms with Crippen molar-refractivity contribution in [3.63, 3.8) is 0 Å².